The summed E-state index contributed by atoms with van der Waals surface area (Å²) in [5.41, 5.74) is -0.0472. The molecule has 1 rings (SSSR count). The number of likely N-dealkylation sites (tertiary alicyclic amines) is 1. The summed E-state index contributed by atoms with van der Waals surface area (Å²) in [5, 5.41) is 10.0. The van der Waals surface area contributed by atoms with E-state index in [1.807, 2.05) is 4.90 Å². The minimum absolute atomic E-state index is 0.0472. The van der Waals surface area contributed by atoms with Crippen LogP contribution in [-0.4, -0.2) is 35.1 Å². The number of carbonyl (C=O) groups excluding carboxylic acids is 1. The lowest BCUT2D eigenvalue weighted by Gasteiger charge is -2.41. The fourth-order valence-corrected chi connectivity index (χ4v) is 2.35. The first-order valence-electron chi connectivity index (χ1n) is 7.29. The van der Waals surface area contributed by atoms with Gasteiger partial charge in [-0.25, -0.2) is 0 Å². The predicted octanol–water partition coefficient (Wildman–Crippen LogP) is 2.82. The van der Waals surface area contributed by atoms with Crippen LogP contribution in [0.1, 0.15) is 59.8 Å². The first-order chi connectivity index (χ1) is 8.33. The topological polar surface area (TPSA) is 40.5 Å². The lowest BCUT2D eigenvalue weighted by molar-refractivity contribution is -0.138. The fourth-order valence-electron chi connectivity index (χ4n) is 2.35. The van der Waals surface area contributed by atoms with E-state index in [-0.39, 0.29) is 17.4 Å². The third kappa shape index (κ3) is 4.60. The molecule has 1 heterocycles. The highest BCUT2D eigenvalue weighted by Crippen LogP contribution is 2.30. The van der Waals surface area contributed by atoms with Gasteiger partial charge in [-0.2, -0.15) is 0 Å². The molecule has 1 fully saturated rings. The number of unbranched alkanes of at least 4 members (excludes halogenated alkanes) is 1. The Balaban J connectivity index is 2.27. The highest BCUT2D eigenvalue weighted by Gasteiger charge is 2.35. The summed E-state index contributed by atoms with van der Waals surface area (Å²) >= 11 is 0. The van der Waals surface area contributed by atoms with Crippen LogP contribution < -0.4 is 0 Å². The molecule has 1 saturated heterocycles. The molecule has 1 atom stereocenters. The lowest BCUT2D eigenvalue weighted by atomic mass is 9.80. The Kier molecular flexibility index (Phi) is 5.64. The van der Waals surface area contributed by atoms with Crippen molar-refractivity contribution in [3.63, 3.8) is 0 Å². The zero-order valence-electron chi connectivity index (χ0n) is 12.4. The largest absolute Gasteiger partial charge is 0.391 e. The van der Waals surface area contributed by atoms with Crippen LogP contribution >= 0.6 is 0 Å². The molecule has 18 heavy (non-hydrogen) atoms. The van der Waals surface area contributed by atoms with E-state index in [0.717, 1.165) is 31.7 Å². The Bertz CT molecular complexity index is 274. The van der Waals surface area contributed by atoms with Gasteiger partial charge < -0.3 is 10.0 Å². The van der Waals surface area contributed by atoms with Gasteiger partial charge in [0.25, 0.3) is 0 Å². The number of hydrogen-bond acceptors (Lipinski definition) is 2. The fraction of sp³-hybridized carbons (Fsp3) is 0.933. The number of β-amino-alcohol motifs (C(OH)–C–C–N with tert-alkyl or cyclic N) is 1. The van der Waals surface area contributed by atoms with E-state index in [1.165, 1.54) is 6.42 Å². The average molecular weight is 255 g/mol. The maximum Gasteiger partial charge on any atom is 0.222 e. The Morgan fingerprint density at radius 1 is 1.39 bits per heavy atom. The molecule has 1 amide bonds. The maximum atomic E-state index is 12.0. The van der Waals surface area contributed by atoms with Crippen molar-refractivity contribution in [2.45, 2.75) is 65.9 Å². The molecule has 0 radical (unpaired) electrons. The number of piperidine rings is 1. The summed E-state index contributed by atoms with van der Waals surface area (Å²) in [4.78, 5) is 13.9. The van der Waals surface area contributed by atoms with Crippen LogP contribution in [-0.2, 0) is 4.79 Å². The van der Waals surface area contributed by atoms with E-state index < -0.39 is 0 Å². The average Bonchev–Trinajstić information content (AvgIpc) is 2.27. The van der Waals surface area contributed by atoms with Crippen LogP contribution in [0.5, 0.6) is 0 Å². The number of hydrogen-bond donors (Lipinski definition) is 1. The first kappa shape index (κ1) is 15.5. The van der Waals surface area contributed by atoms with Gasteiger partial charge in [-0.05, 0) is 24.2 Å². The molecule has 0 aromatic carbocycles. The van der Waals surface area contributed by atoms with Crippen LogP contribution in [0.3, 0.4) is 0 Å². The Hall–Kier alpha value is -0.570. The third-order valence-electron chi connectivity index (χ3n) is 4.10. The van der Waals surface area contributed by atoms with E-state index in [9.17, 15) is 9.90 Å². The number of aliphatic hydroxyl groups excluding tert-OH is 1. The van der Waals surface area contributed by atoms with Gasteiger partial charge in [-0.15, -0.1) is 0 Å². The van der Waals surface area contributed by atoms with Gasteiger partial charge in [0.15, 0.2) is 0 Å². The molecular weight excluding hydrogens is 226 g/mol. The van der Waals surface area contributed by atoms with Crippen molar-refractivity contribution in [3.05, 3.63) is 0 Å². The summed E-state index contributed by atoms with van der Waals surface area (Å²) < 4.78 is 0. The molecule has 1 unspecified atom stereocenters. The molecule has 0 bridgehead atoms. The van der Waals surface area contributed by atoms with Gasteiger partial charge in [0.2, 0.25) is 5.91 Å². The number of aliphatic hydroxyl groups is 1. The molecule has 1 aliphatic heterocycles. The molecule has 0 spiro atoms. The Morgan fingerprint density at radius 3 is 2.61 bits per heavy atom. The molecule has 106 valence electrons. The zero-order valence-corrected chi connectivity index (χ0v) is 12.4. The molecular formula is C15H29NO2. The van der Waals surface area contributed by atoms with Gasteiger partial charge in [-0.1, -0.05) is 40.5 Å². The minimum atomic E-state index is -0.383. The first-order valence-corrected chi connectivity index (χ1v) is 7.29. The van der Waals surface area contributed by atoms with E-state index in [1.54, 1.807) is 0 Å². The van der Waals surface area contributed by atoms with Gasteiger partial charge in [0, 0.05) is 19.5 Å². The number of carbonyl (C=O) groups is 1. The van der Waals surface area contributed by atoms with Gasteiger partial charge >= 0.3 is 0 Å². The summed E-state index contributed by atoms with van der Waals surface area (Å²) in [6, 6.07) is 0. The van der Waals surface area contributed by atoms with E-state index >= 15 is 0 Å². The van der Waals surface area contributed by atoms with Crippen molar-refractivity contribution in [1.82, 2.24) is 4.90 Å². The van der Waals surface area contributed by atoms with Gasteiger partial charge in [-0.3, -0.25) is 4.79 Å². The summed E-state index contributed by atoms with van der Waals surface area (Å²) in [7, 11) is 0. The number of nitrogens with zero attached hydrogens (tertiary/aromatic N) is 1. The molecule has 1 N–H and O–H groups in total. The monoisotopic (exact) mass is 255 g/mol. The summed E-state index contributed by atoms with van der Waals surface area (Å²) in [5.74, 6) is 0.936. The Labute approximate surface area is 112 Å². The van der Waals surface area contributed by atoms with Gasteiger partial charge in [0.05, 0.1) is 6.10 Å². The van der Waals surface area contributed by atoms with E-state index in [4.69, 9.17) is 0 Å². The second-order valence-corrected chi connectivity index (χ2v) is 6.73. The van der Waals surface area contributed by atoms with Crippen molar-refractivity contribution in [2.24, 2.45) is 11.3 Å². The van der Waals surface area contributed by atoms with Crippen molar-refractivity contribution < 1.29 is 9.90 Å². The second-order valence-electron chi connectivity index (χ2n) is 6.73. The predicted molar refractivity (Wildman–Crippen MR) is 74.3 cm³/mol. The standard InChI is InChI=1S/C15H29NO2/c1-12(2)7-5-6-8-14(18)16-10-9-15(3,4)13(17)11-16/h12-13,17H,5-11H2,1-4H3. The zero-order chi connectivity index (χ0) is 13.8. The van der Waals surface area contributed by atoms with Crippen LogP contribution in [0.2, 0.25) is 0 Å². The smallest absolute Gasteiger partial charge is 0.222 e. The Morgan fingerprint density at radius 2 is 2.06 bits per heavy atom. The van der Waals surface area contributed by atoms with Crippen LogP contribution in [0.25, 0.3) is 0 Å². The summed E-state index contributed by atoms with van der Waals surface area (Å²) in [6.45, 7) is 9.88. The molecule has 0 saturated carbocycles. The molecule has 1 aliphatic rings. The maximum absolute atomic E-state index is 12.0. The van der Waals surface area contributed by atoms with Crippen LogP contribution in [0, 0.1) is 11.3 Å². The van der Waals surface area contributed by atoms with Gasteiger partial charge in [0.1, 0.15) is 0 Å². The molecule has 3 heteroatoms. The third-order valence-corrected chi connectivity index (χ3v) is 4.10. The number of amides is 1. The van der Waals surface area contributed by atoms with Crippen molar-refractivity contribution >= 4 is 5.91 Å². The number of rotatable bonds is 5. The lowest BCUT2D eigenvalue weighted by Crippen LogP contribution is -2.50. The van der Waals surface area contributed by atoms with Crippen LogP contribution in [0.4, 0.5) is 0 Å². The molecule has 0 aromatic heterocycles. The highest BCUT2D eigenvalue weighted by molar-refractivity contribution is 5.76. The highest BCUT2D eigenvalue weighted by atomic mass is 16.3. The molecule has 0 aromatic rings. The van der Waals surface area contributed by atoms with Crippen molar-refractivity contribution in [3.8, 4) is 0 Å². The summed E-state index contributed by atoms with van der Waals surface area (Å²) in [6.07, 6.45) is 4.46. The van der Waals surface area contributed by atoms with E-state index in [2.05, 4.69) is 27.7 Å². The van der Waals surface area contributed by atoms with Crippen molar-refractivity contribution in [1.29, 1.82) is 0 Å². The second kappa shape index (κ2) is 6.55. The molecule has 0 aliphatic carbocycles. The SMILES string of the molecule is CC(C)CCCCC(=O)N1CCC(C)(C)C(O)C1. The van der Waals surface area contributed by atoms with E-state index in [0.29, 0.717) is 13.0 Å². The van der Waals surface area contributed by atoms with Crippen molar-refractivity contribution in [2.75, 3.05) is 13.1 Å². The van der Waals surface area contributed by atoms with Crippen LogP contribution in [0.15, 0.2) is 0 Å². The quantitative estimate of drug-likeness (QED) is 0.767. The normalized spacial score (nSPS) is 23.4. The molecule has 3 nitrogen and oxygen atoms in total. The minimum Gasteiger partial charge on any atom is -0.391 e.